The molecule has 174 valence electrons. The quantitative estimate of drug-likeness (QED) is 0.630. The van der Waals surface area contributed by atoms with Gasteiger partial charge in [-0.1, -0.05) is 13.8 Å². The van der Waals surface area contributed by atoms with Gasteiger partial charge >= 0.3 is 0 Å². The first-order chi connectivity index (χ1) is 14.2. The van der Waals surface area contributed by atoms with E-state index in [2.05, 4.69) is 4.90 Å². The van der Waals surface area contributed by atoms with E-state index in [0.29, 0.717) is 44.0 Å². The van der Waals surface area contributed by atoms with Gasteiger partial charge in [0, 0.05) is 19.6 Å². The number of carbonyl (C=O) groups excluding carboxylic acids is 2. The van der Waals surface area contributed by atoms with E-state index < -0.39 is 33.9 Å². The molecule has 0 unspecified atom stereocenters. The van der Waals surface area contributed by atoms with Crippen molar-refractivity contribution in [1.29, 1.82) is 0 Å². The molecule has 0 spiro atoms. The summed E-state index contributed by atoms with van der Waals surface area (Å²) in [5, 5.41) is 0. The molecule has 2 amide bonds. The highest BCUT2D eigenvalue weighted by molar-refractivity contribution is 7.88. The number of hydrogen-bond acceptors (Lipinski definition) is 7. The maximum absolute atomic E-state index is 13.5. The highest BCUT2D eigenvalue weighted by Gasteiger charge is 2.58. The highest BCUT2D eigenvalue weighted by atomic mass is 35.5. The van der Waals surface area contributed by atoms with Gasteiger partial charge in [-0.25, -0.2) is 12.7 Å². The van der Waals surface area contributed by atoms with Crippen molar-refractivity contribution < 1.29 is 27.2 Å². The van der Waals surface area contributed by atoms with Crippen molar-refractivity contribution in [2.24, 2.45) is 11.8 Å². The number of nitrogens with zero attached hydrogens (tertiary/aromatic N) is 3. The van der Waals surface area contributed by atoms with Crippen molar-refractivity contribution in [3.8, 4) is 0 Å². The molecule has 3 aliphatic rings. The van der Waals surface area contributed by atoms with Gasteiger partial charge in [-0.15, -0.1) is 12.4 Å². The van der Waals surface area contributed by atoms with E-state index in [1.807, 2.05) is 13.8 Å². The largest absolute Gasteiger partial charge is 0.467 e. The number of sulfonamides is 1. The third-order valence-corrected chi connectivity index (χ3v) is 7.54. The molecule has 3 saturated heterocycles. The SMILES string of the molecule is CC(C)[C@H]1C(=O)N(S(C)(=O)=O)[C@H]2CCN(C(=O)c3ccoc3CN3CCOCC3)[C@H]12.Cl. The number of halogens is 1. The van der Waals surface area contributed by atoms with Crippen molar-refractivity contribution in [2.75, 3.05) is 39.1 Å². The molecule has 4 rings (SSSR count). The molecule has 3 fully saturated rings. The maximum Gasteiger partial charge on any atom is 0.257 e. The second-order valence-corrected chi connectivity index (χ2v) is 10.5. The molecule has 4 heterocycles. The van der Waals surface area contributed by atoms with Crippen LogP contribution in [0.15, 0.2) is 16.7 Å². The fraction of sp³-hybridized carbons (Fsp3) is 0.700. The number of carbonyl (C=O) groups is 2. The fourth-order valence-corrected chi connectivity index (χ4v) is 6.21. The van der Waals surface area contributed by atoms with Gasteiger partial charge in [0.15, 0.2) is 0 Å². The van der Waals surface area contributed by atoms with Crippen LogP contribution in [-0.2, 0) is 26.1 Å². The lowest BCUT2D eigenvalue weighted by atomic mass is 9.88. The molecule has 0 aromatic carbocycles. The lowest BCUT2D eigenvalue weighted by Gasteiger charge is -2.30. The summed E-state index contributed by atoms with van der Waals surface area (Å²) in [6.45, 7) is 7.58. The molecule has 11 heteroatoms. The van der Waals surface area contributed by atoms with Crippen molar-refractivity contribution in [3.63, 3.8) is 0 Å². The lowest BCUT2D eigenvalue weighted by molar-refractivity contribution is -0.129. The Morgan fingerprint density at radius 2 is 1.90 bits per heavy atom. The van der Waals surface area contributed by atoms with Crippen LogP contribution in [0.3, 0.4) is 0 Å². The molecular weight excluding hydrogens is 446 g/mol. The number of amides is 2. The summed E-state index contributed by atoms with van der Waals surface area (Å²) >= 11 is 0. The van der Waals surface area contributed by atoms with Crippen molar-refractivity contribution >= 4 is 34.2 Å². The third-order valence-electron chi connectivity index (χ3n) is 6.37. The molecule has 0 N–H and O–H groups in total. The van der Waals surface area contributed by atoms with Crippen LogP contribution in [0, 0.1) is 11.8 Å². The zero-order valence-corrected chi connectivity index (χ0v) is 19.7. The molecule has 3 atom stereocenters. The zero-order chi connectivity index (χ0) is 21.6. The molecular formula is C20H30ClN3O6S. The predicted molar refractivity (Wildman–Crippen MR) is 115 cm³/mol. The number of likely N-dealkylation sites (tertiary alicyclic amines) is 1. The first-order valence-corrected chi connectivity index (χ1v) is 12.3. The summed E-state index contributed by atoms with van der Waals surface area (Å²) in [6.07, 6.45) is 3.03. The van der Waals surface area contributed by atoms with Gasteiger partial charge in [0.2, 0.25) is 15.9 Å². The van der Waals surface area contributed by atoms with E-state index >= 15 is 0 Å². The molecule has 9 nitrogen and oxygen atoms in total. The molecule has 1 aromatic rings. The van der Waals surface area contributed by atoms with Gasteiger partial charge in [0.1, 0.15) is 5.76 Å². The van der Waals surface area contributed by atoms with Gasteiger partial charge < -0.3 is 14.1 Å². The molecule has 1 aromatic heterocycles. The average molecular weight is 476 g/mol. The summed E-state index contributed by atoms with van der Waals surface area (Å²) < 4.78 is 36.6. The Kier molecular flexibility index (Phi) is 7.05. The van der Waals surface area contributed by atoms with E-state index in [9.17, 15) is 18.0 Å². The Hall–Kier alpha value is -1.62. The van der Waals surface area contributed by atoms with Gasteiger partial charge in [-0.3, -0.25) is 14.5 Å². The minimum absolute atomic E-state index is 0. The zero-order valence-electron chi connectivity index (χ0n) is 18.0. The number of rotatable bonds is 5. The van der Waals surface area contributed by atoms with E-state index in [4.69, 9.17) is 9.15 Å². The number of hydrogen-bond donors (Lipinski definition) is 0. The number of furan rings is 1. The first kappa shape index (κ1) is 24.0. The van der Waals surface area contributed by atoms with E-state index in [0.717, 1.165) is 23.7 Å². The Morgan fingerprint density at radius 1 is 1.23 bits per heavy atom. The summed E-state index contributed by atoms with van der Waals surface area (Å²) in [5.41, 5.74) is 0.481. The van der Waals surface area contributed by atoms with Crippen LogP contribution < -0.4 is 0 Å². The van der Waals surface area contributed by atoms with Crippen molar-refractivity contribution in [1.82, 2.24) is 14.1 Å². The summed E-state index contributed by atoms with van der Waals surface area (Å²) in [5.74, 6) is -0.627. The minimum atomic E-state index is -3.69. The van der Waals surface area contributed by atoms with Gasteiger partial charge in [0.05, 0.1) is 55.8 Å². The molecule has 0 saturated carbocycles. The molecule has 3 aliphatic heterocycles. The van der Waals surface area contributed by atoms with Gasteiger partial charge in [-0.05, 0) is 18.4 Å². The van der Waals surface area contributed by atoms with Gasteiger partial charge in [-0.2, -0.15) is 0 Å². The lowest BCUT2D eigenvalue weighted by Crippen LogP contribution is -2.44. The Bertz CT molecular complexity index is 927. The Balaban J connectivity index is 0.00000272. The highest BCUT2D eigenvalue weighted by Crippen LogP contribution is 2.42. The second kappa shape index (κ2) is 9.09. The number of ether oxygens (including phenoxy) is 1. The summed E-state index contributed by atoms with van der Waals surface area (Å²) in [7, 11) is -3.69. The molecule has 31 heavy (non-hydrogen) atoms. The topological polar surface area (TPSA) is 100 Å². The Morgan fingerprint density at radius 3 is 2.52 bits per heavy atom. The third kappa shape index (κ3) is 4.35. The predicted octanol–water partition coefficient (Wildman–Crippen LogP) is 1.19. The maximum atomic E-state index is 13.5. The molecule has 0 bridgehead atoms. The van der Waals surface area contributed by atoms with Gasteiger partial charge in [0.25, 0.3) is 5.91 Å². The Labute approximate surface area is 189 Å². The standard InChI is InChI=1S/C20H29N3O6S.ClH/c1-13(2)17-18-15(23(20(17)25)30(3,26)27)4-6-22(18)19(24)14-5-9-29-16(14)12-21-7-10-28-11-8-21;/h5,9,13,15,17-18H,4,6-8,10-12H2,1-3H3;1H/t15-,17+,18-;/m0./s1. The molecule has 0 radical (unpaired) electrons. The van der Waals surface area contributed by atoms with E-state index in [1.165, 1.54) is 6.26 Å². The van der Waals surface area contributed by atoms with Crippen LogP contribution in [0.2, 0.25) is 0 Å². The minimum Gasteiger partial charge on any atom is -0.467 e. The monoisotopic (exact) mass is 475 g/mol. The van der Waals surface area contributed by atoms with Crippen LogP contribution in [0.4, 0.5) is 0 Å². The van der Waals surface area contributed by atoms with Crippen LogP contribution in [-0.4, -0.2) is 85.5 Å². The van der Waals surface area contributed by atoms with Crippen LogP contribution in [0.5, 0.6) is 0 Å². The summed E-state index contributed by atoms with van der Waals surface area (Å²) in [6, 6.07) is 0.713. The smallest absolute Gasteiger partial charge is 0.257 e. The van der Waals surface area contributed by atoms with Crippen LogP contribution in [0.1, 0.15) is 36.4 Å². The average Bonchev–Trinajstić information content (AvgIpc) is 3.35. The number of fused-ring (bicyclic) bond motifs is 1. The van der Waals surface area contributed by atoms with Crippen LogP contribution >= 0.6 is 12.4 Å². The van der Waals surface area contributed by atoms with Crippen LogP contribution in [0.25, 0.3) is 0 Å². The second-order valence-electron chi connectivity index (χ2n) is 8.66. The van der Waals surface area contributed by atoms with E-state index in [-0.39, 0.29) is 24.2 Å². The number of morpholine rings is 1. The normalized spacial score (nSPS) is 27.0. The first-order valence-electron chi connectivity index (χ1n) is 10.4. The fourth-order valence-electron chi connectivity index (χ4n) is 5.04. The molecule has 0 aliphatic carbocycles. The van der Waals surface area contributed by atoms with Crippen molar-refractivity contribution in [3.05, 3.63) is 23.7 Å². The summed E-state index contributed by atoms with van der Waals surface area (Å²) in [4.78, 5) is 30.3. The van der Waals surface area contributed by atoms with Crippen molar-refractivity contribution in [2.45, 2.75) is 38.9 Å². The van der Waals surface area contributed by atoms with E-state index in [1.54, 1.807) is 11.0 Å².